The van der Waals surface area contributed by atoms with Crippen LogP contribution in [0.5, 0.6) is 0 Å². The molecule has 0 aromatic heterocycles. The van der Waals surface area contributed by atoms with Gasteiger partial charge in [0, 0.05) is 12.8 Å². The van der Waals surface area contributed by atoms with E-state index in [1.54, 1.807) is 6.92 Å². The second-order valence-corrected chi connectivity index (χ2v) is 6.72. The number of hydrogen-bond donors (Lipinski definition) is 1. The highest BCUT2D eigenvalue weighted by atomic mass is 32.2. The molecule has 0 aromatic rings. The van der Waals surface area contributed by atoms with Crippen molar-refractivity contribution in [1.82, 2.24) is 0 Å². The smallest absolute Gasteiger partial charge is 0.313 e. The predicted octanol–water partition coefficient (Wildman–Crippen LogP) is 0.0917. The molecule has 5 nitrogen and oxygen atoms in total. The van der Waals surface area contributed by atoms with E-state index in [1.807, 2.05) is 0 Å². The highest BCUT2D eigenvalue weighted by Crippen LogP contribution is 2.41. The van der Waals surface area contributed by atoms with Crippen LogP contribution in [0.15, 0.2) is 0 Å². The van der Waals surface area contributed by atoms with Crippen LogP contribution in [0.3, 0.4) is 0 Å². The maximum atomic E-state index is 11.8. The molecule has 0 amide bonds. The predicted molar refractivity (Wildman–Crippen MR) is 60.6 cm³/mol. The molecule has 6 heteroatoms. The lowest BCUT2D eigenvalue weighted by Crippen LogP contribution is -2.38. The highest BCUT2D eigenvalue weighted by Gasteiger charge is 2.48. The number of rotatable bonds is 4. The van der Waals surface area contributed by atoms with Gasteiger partial charge < -0.3 is 10.5 Å². The summed E-state index contributed by atoms with van der Waals surface area (Å²) in [5.41, 5.74) is 4.82. The third kappa shape index (κ3) is 2.55. The lowest BCUT2D eigenvalue weighted by molar-refractivity contribution is -0.154. The fourth-order valence-electron chi connectivity index (χ4n) is 2.18. The van der Waals surface area contributed by atoms with Gasteiger partial charge in [-0.3, -0.25) is 4.79 Å². The van der Waals surface area contributed by atoms with Crippen LogP contribution in [0.1, 0.15) is 26.2 Å². The van der Waals surface area contributed by atoms with Gasteiger partial charge >= 0.3 is 5.97 Å². The molecule has 94 valence electrons. The highest BCUT2D eigenvalue weighted by molar-refractivity contribution is 7.91. The van der Waals surface area contributed by atoms with Gasteiger partial charge in [0.1, 0.15) is 9.84 Å². The molecular formula is C10H19NO4S. The van der Waals surface area contributed by atoms with Crippen molar-refractivity contribution in [2.45, 2.75) is 31.4 Å². The molecule has 2 N–H and O–H groups in total. The van der Waals surface area contributed by atoms with Gasteiger partial charge in [-0.15, -0.1) is 0 Å². The van der Waals surface area contributed by atoms with E-state index in [0.717, 1.165) is 0 Å². The number of sulfone groups is 1. The number of hydrogen-bond acceptors (Lipinski definition) is 5. The van der Waals surface area contributed by atoms with Crippen molar-refractivity contribution in [3.63, 3.8) is 0 Å². The molecule has 2 atom stereocenters. The Morgan fingerprint density at radius 1 is 1.56 bits per heavy atom. The van der Waals surface area contributed by atoms with Crippen molar-refractivity contribution < 1.29 is 17.9 Å². The Balaban J connectivity index is 2.83. The minimum atomic E-state index is -3.10. The van der Waals surface area contributed by atoms with E-state index in [0.29, 0.717) is 25.9 Å². The third-order valence-corrected chi connectivity index (χ3v) is 4.88. The zero-order valence-corrected chi connectivity index (χ0v) is 10.5. The average molecular weight is 249 g/mol. The molecule has 1 aliphatic carbocycles. The van der Waals surface area contributed by atoms with Crippen LogP contribution in [0.2, 0.25) is 0 Å². The lowest BCUT2D eigenvalue weighted by atomic mass is 9.86. The Labute approximate surface area is 96.3 Å². The zero-order valence-electron chi connectivity index (χ0n) is 9.73. The van der Waals surface area contributed by atoms with E-state index in [1.165, 1.54) is 6.26 Å². The van der Waals surface area contributed by atoms with Crippen LogP contribution in [0.25, 0.3) is 0 Å². The van der Waals surface area contributed by atoms with Crippen LogP contribution in [0.4, 0.5) is 0 Å². The van der Waals surface area contributed by atoms with Crippen molar-refractivity contribution in [3.8, 4) is 0 Å². The molecule has 0 bridgehead atoms. The number of carbonyl (C=O) groups is 1. The van der Waals surface area contributed by atoms with Crippen molar-refractivity contribution in [2.75, 3.05) is 19.4 Å². The SMILES string of the molecule is CCOC(=O)[C@@]1(CN)CC[C@H](S(C)(=O)=O)C1. The Morgan fingerprint density at radius 2 is 2.19 bits per heavy atom. The first-order valence-electron chi connectivity index (χ1n) is 5.42. The first-order valence-corrected chi connectivity index (χ1v) is 7.37. The molecule has 0 aliphatic heterocycles. The van der Waals surface area contributed by atoms with Gasteiger partial charge in [-0.25, -0.2) is 8.42 Å². The minimum absolute atomic E-state index is 0.151. The topological polar surface area (TPSA) is 86.5 Å². The molecular weight excluding hydrogens is 230 g/mol. The van der Waals surface area contributed by atoms with Gasteiger partial charge in [0.25, 0.3) is 0 Å². The summed E-state index contributed by atoms with van der Waals surface area (Å²) in [5.74, 6) is -0.358. The van der Waals surface area contributed by atoms with Gasteiger partial charge in [0.15, 0.2) is 0 Å². The molecule has 0 radical (unpaired) electrons. The molecule has 16 heavy (non-hydrogen) atoms. The van der Waals surface area contributed by atoms with Gasteiger partial charge in [-0.2, -0.15) is 0 Å². The molecule has 0 spiro atoms. The van der Waals surface area contributed by atoms with Crippen LogP contribution in [0, 0.1) is 5.41 Å². The molecule has 0 aromatic carbocycles. The standard InChI is InChI=1S/C10H19NO4S/c1-3-15-9(12)10(7-11)5-4-8(6-10)16(2,13)14/h8H,3-7,11H2,1-2H3/t8-,10-/m0/s1. The summed E-state index contributed by atoms with van der Waals surface area (Å²) in [6.07, 6.45) is 2.49. The van der Waals surface area contributed by atoms with Gasteiger partial charge in [-0.05, 0) is 26.2 Å². The average Bonchev–Trinajstić information content (AvgIpc) is 2.63. The van der Waals surface area contributed by atoms with Crippen LogP contribution in [-0.2, 0) is 19.4 Å². The van der Waals surface area contributed by atoms with Crippen molar-refractivity contribution in [3.05, 3.63) is 0 Å². The maximum Gasteiger partial charge on any atom is 0.313 e. The maximum absolute atomic E-state index is 11.8. The zero-order chi connectivity index (χ0) is 12.4. The Bertz CT molecular complexity index is 365. The van der Waals surface area contributed by atoms with Gasteiger partial charge in [0.05, 0.1) is 17.3 Å². The summed E-state index contributed by atoms with van der Waals surface area (Å²) in [5, 5.41) is -0.458. The Morgan fingerprint density at radius 3 is 2.56 bits per heavy atom. The Hall–Kier alpha value is -0.620. The molecule has 1 aliphatic rings. The summed E-state index contributed by atoms with van der Waals surface area (Å²) in [6, 6.07) is 0. The second kappa shape index (κ2) is 4.71. The van der Waals surface area contributed by atoms with Gasteiger partial charge in [-0.1, -0.05) is 0 Å². The van der Waals surface area contributed by atoms with Crippen LogP contribution >= 0.6 is 0 Å². The van der Waals surface area contributed by atoms with Gasteiger partial charge in [0.2, 0.25) is 0 Å². The lowest BCUT2D eigenvalue weighted by Gasteiger charge is -2.24. The van der Waals surface area contributed by atoms with E-state index in [-0.39, 0.29) is 12.5 Å². The summed E-state index contributed by atoms with van der Waals surface area (Å²) in [6.45, 7) is 2.17. The van der Waals surface area contributed by atoms with Crippen LogP contribution in [-0.4, -0.2) is 39.0 Å². The summed E-state index contributed by atoms with van der Waals surface area (Å²) in [7, 11) is -3.10. The summed E-state index contributed by atoms with van der Waals surface area (Å²) < 4.78 is 27.8. The monoisotopic (exact) mass is 249 g/mol. The largest absolute Gasteiger partial charge is 0.466 e. The number of carbonyl (C=O) groups excluding carboxylic acids is 1. The molecule has 1 fully saturated rings. The molecule has 0 unspecified atom stereocenters. The normalized spacial score (nSPS) is 30.3. The van der Waals surface area contributed by atoms with E-state index in [9.17, 15) is 13.2 Å². The number of esters is 1. The fourth-order valence-corrected chi connectivity index (χ4v) is 3.35. The molecule has 1 rings (SSSR count). The first kappa shape index (κ1) is 13.4. The van der Waals surface area contributed by atoms with Crippen molar-refractivity contribution in [1.29, 1.82) is 0 Å². The van der Waals surface area contributed by atoms with Crippen molar-refractivity contribution >= 4 is 15.8 Å². The van der Waals surface area contributed by atoms with Crippen LogP contribution < -0.4 is 5.73 Å². The first-order chi connectivity index (χ1) is 7.35. The number of ether oxygens (including phenoxy) is 1. The number of nitrogens with two attached hydrogens (primary N) is 1. The molecule has 0 heterocycles. The fraction of sp³-hybridized carbons (Fsp3) is 0.900. The second-order valence-electron chi connectivity index (χ2n) is 4.40. The van der Waals surface area contributed by atoms with E-state index in [2.05, 4.69) is 0 Å². The Kier molecular flexibility index (Phi) is 3.96. The van der Waals surface area contributed by atoms with E-state index >= 15 is 0 Å². The van der Waals surface area contributed by atoms with Crippen molar-refractivity contribution in [2.24, 2.45) is 11.1 Å². The minimum Gasteiger partial charge on any atom is -0.466 e. The quantitative estimate of drug-likeness (QED) is 0.714. The summed E-state index contributed by atoms with van der Waals surface area (Å²) in [4.78, 5) is 11.8. The summed E-state index contributed by atoms with van der Waals surface area (Å²) >= 11 is 0. The van der Waals surface area contributed by atoms with E-state index < -0.39 is 20.5 Å². The third-order valence-electron chi connectivity index (χ3n) is 3.27. The molecule has 0 saturated heterocycles. The molecule has 1 saturated carbocycles. The van der Waals surface area contributed by atoms with E-state index in [4.69, 9.17) is 10.5 Å².